The molecule has 2 heteroatoms. The van der Waals surface area contributed by atoms with Gasteiger partial charge in [-0.2, -0.15) is 0 Å². The summed E-state index contributed by atoms with van der Waals surface area (Å²) in [6.45, 7) is 0. The lowest BCUT2D eigenvalue weighted by Gasteiger charge is -2.24. The smallest absolute Gasteiger partial charge is 0.174 e. The highest BCUT2D eigenvalue weighted by Crippen LogP contribution is 2.33. The molecule has 2 nitrogen and oxygen atoms in total. The lowest BCUT2D eigenvalue weighted by atomic mass is 9.76. The highest BCUT2D eigenvalue weighted by molar-refractivity contribution is 6.17. The first-order valence-corrected chi connectivity index (χ1v) is 10.7. The molecule has 4 rings (SSSR count). The van der Waals surface area contributed by atoms with E-state index in [1.54, 1.807) is 24.3 Å². The zero-order valence-corrected chi connectivity index (χ0v) is 17.7. The predicted octanol–water partition coefficient (Wildman–Crippen LogP) is 6.87. The second kappa shape index (κ2) is 10.3. The van der Waals surface area contributed by atoms with Gasteiger partial charge in [0.1, 0.15) is 0 Å². The Bertz CT molecular complexity index is 1130. The Morgan fingerprint density at radius 1 is 0.531 bits per heavy atom. The summed E-state index contributed by atoms with van der Waals surface area (Å²) < 4.78 is 0. The van der Waals surface area contributed by atoms with Crippen molar-refractivity contribution in [3.8, 4) is 0 Å². The number of carbonyl (C=O) groups excluding carboxylic acids is 2. The van der Waals surface area contributed by atoms with Crippen molar-refractivity contribution in [2.24, 2.45) is 5.92 Å². The Morgan fingerprint density at radius 2 is 0.938 bits per heavy atom. The van der Waals surface area contributed by atoms with Crippen LogP contribution in [0.1, 0.15) is 37.8 Å². The largest absolute Gasteiger partial charge is 0.293 e. The zero-order valence-electron chi connectivity index (χ0n) is 17.7. The van der Waals surface area contributed by atoms with Gasteiger partial charge in [-0.25, -0.2) is 0 Å². The Labute approximate surface area is 188 Å². The van der Waals surface area contributed by atoms with E-state index in [0.717, 1.165) is 11.1 Å². The van der Waals surface area contributed by atoms with Crippen LogP contribution >= 0.6 is 0 Å². The molecule has 0 saturated carbocycles. The fraction of sp³-hybridized carbons (Fsp3) is 0.0667. The molecule has 0 fully saturated rings. The second-order valence-electron chi connectivity index (χ2n) is 7.64. The summed E-state index contributed by atoms with van der Waals surface area (Å²) >= 11 is 0. The van der Waals surface area contributed by atoms with E-state index in [9.17, 15) is 9.59 Å². The number of hydrogen-bond donors (Lipinski definition) is 0. The van der Waals surface area contributed by atoms with E-state index >= 15 is 0 Å². The van der Waals surface area contributed by atoms with E-state index in [4.69, 9.17) is 0 Å². The van der Waals surface area contributed by atoms with Crippen molar-refractivity contribution in [1.29, 1.82) is 0 Å². The molecule has 32 heavy (non-hydrogen) atoms. The molecule has 0 radical (unpaired) electrons. The first kappa shape index (κ1) is 21.2. The predicted molar refractivity (Wildman–Crippen MR) is 130 cm³/mol. The summed E-state index contributed by atoms with van der Waals surface area (Å²) in [6, 6.07) is 37.8. The summed E-state index contributed by atoms with van der Waals surface area (Å²) in [5, 5.41) is 0. The fourth-order valence-corrected chi connectivity index (χ4v) is 3.88. The minimum Gasteiger partial charge on any atom is -0.293 e. The number of benzene rings is 4. The Balaban J connectivity index is 1.83. The summed E-state index contributed by atoms with van der Waals surface area (Å²) in [5.74, 6) is -1.63. The average molecular weight is 417 g/mol. The quantitative estimate of drug-likeness (QED) is 0.232. The topological polar surface area (TPSA) is 34.1 Å². The number of Topliss-reactive ketones (excluding diaryl/α,β-unsaturated/α-hetero) is 2. The molecule has 0 bridgehead atoms. The normalized spacial score (nSPS) is 12.0. The highest BCUT2D eigenvalue weighted by Gasteiger charge is 2.35. The maximum absolute atomic E-state index is 13.7. The van der Waals surface area contributed by atoms with Crippen molar-refractivity contribution < 1.29 is 9.59 Å². The third-order valence-corrected chi connectivity index (χ3v) is 5.52. The van der Waals surface area contributed by atoms with Gasteiger partial charge in [-0.15, -0.1) is 0 Å². The highest BCUT2D eigenvalue weighted by atomic mass is 16.2. The molecule has 0 spiro atoms. The minimum atomic E-state index is -0.873. The van der Waals surface area contributed by atoms with Gasteiger partial charge in [0.2, 0.25) is 0 Å². The lowest BCUT2D eigenvalue weighted by Crippen LogP contribution is -2.30. The molecule has 0 N–H and O–H groups in total. The molecule has 0 aliphatic carbocycles. The molecular formula is C30H24O2. The van der Waals surface area contributed by atoms with Crippen molar-refractivity contribution in [2.45, 2.75) is 5.92 Å². The first-order chi connectivity index (χ1) is 15.7. The summed E-state index contributed by atoms with van der Waals surface area (Å²) in [7, 11) is 0. The Kier molecular flexibility index (Phi) is 6.84. The third-order valence-electron chi connectivity index (χ3n) is 5.52. The van der Waals surface area contributed by atoms with Gasteiger partial charge in [-0.3, -0.25) is 9.59 Å². The van der Waals surface area contributed by atoms with Gasteiger partial charge in [0, 0.05) is 17.0 Å². The molecule has 1 atom stereocenters. The molecule has 0 saturated heterocycles. The summed E-state index contributed by atoms with van der Waals surface area (Å²) in [5.41, 5.74) is 3.02. The zero-order chi connectivity index (χ0) is 22.2. The Morgan fingerprint density at radius 3 is 1.41 bits per heavy atom. The van der Waals surface area contributed by atoms with Gasteiger partial charge >= 0.3 is 0 Å². The van der Waals surface area contributed by atoms with Crippen LogP contribution in [0.2, 0.25) is 0 Å². The second-order valence-corrected chi connectivity index (χ2v) is 7.64. The van der Waals surface area contributed by atoms with E-state index in [2.05, 4.69) is 0 Å². The molecule has 0 amide bonds. The average Bonchev–Trinajstić information content (AvgIpc) is 2.88. The third kappa shape index (κ3) is 4.98. The standard InChI is InChI=1S/C30H24O2/c31-29(25-17-9-3-10-18-25)28(30(32)26-19-11-4-12-20-26)27(24-15-7-2-8-16-24)22-21-23-13-5-1-6-14-23/h1-22,27-28H/b22-21+. The molecule has 0 heterocycles. The van der Waals surface area contributed by atoms with Crippen LogP contribution in [0.25, 0.3) is 6.08 Å². The van der Waals surface area contributed by atoms with Crippen LogP contribution in [0.5, 0.6) is 0 Å². The molecule has 1 unspecified atom stereocenters. The molecular weight excluding hydrogens is 392 g/mol. The number of rotatable bonds is 8. The van der Waals surface area contributed by atoms with Gasteiger partial charge in [-0.1, -0.05) is 133 Å². The maximum Gasteiger partial charge on any atom is 0.174 e. The van der Waals surface area contributed by atoms with Gasteiger partial charge < -0.3 is 0 Å². The number of carbonyl (C=O) groups is 2. The van der Waals surface area contributed by atoms with Crippen LogP contribution in [0, 0.1) is 5.92 Å². The van der Waals surface area contributed by atoms with Crippen LogP contribution < -0.4 is 0 Å². The fourth-order valence-electron chi connectivity index (χ4n) is 3.88. The SMILES string of the molecule is O=C(c1ccccc1)C(C(=O)c1ccccc1)C(/C=C/c1ccccc1)c1ccccc1. The van der Waals surface area contributed by atoms with E-state index in [1.807, 2.05) is 109 Å². The van der Waals surface area contributed by atoms with Crippen LogP contribution in [-0.4, -0.2) is 11.6 Å². The van der Waals surface area contributed by atoms with E-state index in [1.165, 1.54) is 0 Å². The number of allylic oxidation sites excluding steroid dienone is 1. The van der Waals surface area contributed by atoms with Crippen LogP contribution in [0.3, 0.4) is 0 Å². The lowest BCUT2D eigenvalue weighted by molar-refractivity contribution is 0.0795. The molecule has 4 aromatic carbocycles. The molecule has 0 aliphatic rings. The van der Waals surface area contributed by atoms with Crippen molar-refractivity contribution in [3.05, 3.63) is 150 Å². The van der Waals surface area contributed by atoms with Crippen LogP contribution in [0.4, 0.5) is 0 Å². The van der Waals surface area contributed by atoms with Gasteiger partial charge in [0.05, 0.1) is 5.92 Å². The van der Waals surface area contributed by atoms with E-state index < -0.39 is 11.8 Å². The van der Waals surface area contributed by atoms with Crippen LogP contribution in [0.15, 0.2) is 127 Å². The molecule has 4 aromatic rings. The first-order valence-electron chi connectivity index (χ1n) is 10.7. The number of ketones is 2. The van der Waals surface area contributed by atoms with Gasteiger partial charge in [0.15, 0.2) is 11.6 Å². The molecule has 156 valence electrons. The van der Waals surface area contributed by atoms with Crippen LogP contribution in [-0.2, 0) is 0 Å². The Hall–Kier alpha value is -4.04. The van der Waals surface area contributed by atoms with E-state index in [0.29, 0.717) is 11.1 Å². The van der Waals surface area contributed by atoms with Crippen molar-refractivity contribution in [1.82, 2.24) is 0 Å². The van der Waals surface area contributed by atoms with Gasteiger partial charge in [-0.05, 0) is 11.1 Å². The van der Waals surface area contributed by atoms with Crippen molar-refractivity contribution in [3.63, 3.8) is 0 Å². The molecule has 0 aromatic heterocycles. The van der Waals surface area contributed by atoms with Gasteiger partial charge in [0.25, 0.3) is 0 Å². The summed E-state index contributed by atoms with van der Waals surface area (Å²) in [4.78, 5) is 27.5. The minimum absolute atomic E-state index is 0.175. The van der Waals surface area contributed by atoms with Crippen molar-refractivity contribution >= 4 is 17.6 Å². The summed E-state index contributed by atoms with van der Waals surface area (Å²) in [6.07, 6.45) is 3.97. The molecule has 0 aliphatic heterocycles. The maximum atomic E-state index is 13.7. The monoisotopic (exact) mass is 416 g/mol. The van der Waals surface area contributed by atoms with E-state index in [-0.39, 0.29) is 11.6 Å². The van der Waals surface area contributed by atoms with Crippen molar-refractivity contribution in [2.75, 3.05) is 0 Å². The number of hydrogen-bond acceptors (Lipinski definition) is 2.